The van der Waals surface area contributed by atoms with Crippen molar-refractivity contribution < 1.29 is 0 Å². The Bertz CT molecular complexity index is 193. The minimum Gasteiger partial charge on any atom is -0.261 e. The van der Waals surface area contributed by atoms with Gasteiger partial charge in [0.25, 0.3) is 0 Å². The van der Waals surface area contributed by atoms with Crippen molar-refractivity contribution in [1.29, 1.82) is 0 Å². The Balaban J connectivity index is 4.51. The molecule has 0 bridgehead atoms. The number of allylic oxidation sites excluding steroid dienone is 2. The normalized spacial score (nSPS) is 10.2. The van der Waals surface area contributed by atoms with Crippen LogP contribution in [0, 0.1) is 0 Å². The van der Waals surface area contributed by atoms with Crippen LogP contribution in [0.25, 0.3) is 0 Å². The first-order valence-corrected chi connectivity index (χ1v) is 3.95. The molecule has 0 aromatic rings. The summed E-state index contributed by atoms with van der Waals surface area (Å²) in [5.74, 6) is 0. The lowest BCUT2D eigenvalue weighted by Crippen LogP contribution is -1.84. The van der Waals surface area contributed by atoms with Gasteiger partial charge in [0, 0.05) is 6.21 Å². The van der Waals surface area contributed by atoms with E-state index in [0.717, 1.165) is 17.7 Å². The number of hydrogen-bond donors (Lipinski definition) is 0. The standard InChI is InChI=1S/C10H17N/c1-6-7-11-10(8(2)3)9(4)5/h7H,2,6H2,1,3-5H3. The second kappa shape index (κ2) is 4.89. The van der Waals surface area contributed by atoms with Crippen molar-refractivity contribution in [3.8, 4) is 0 Å². The molecule has 0 unspecified atom stereocenters. The van der Waals surface area contributed by atoms with E-state index in [2.05, 4.69) is 32.3 Å². The molecule has 0 saturated heterocycles. The van der Waals surface area contributed by atoms with E-state index >= 15 is 0 Å². The van der Waals surface area contributed by atoms with Gasteiger partial charge in [-0.1, -0.05) is 19.1 Å². The van der Waals surface area contributed by atoms with Gasteiger partial charge in [0.1, 0.15) is 0 Å². The lowest BCUT2D eigenvalue weighted by atomic mass is 10.1. The maximum atomic E-state index is 4.30. The predicted molar refractivity (Wildman–Crippen MR) is 52.0 cm³/mol. The highest BCUT2D eigenvalue weighted by Crippen LogP contribution is 2.12. The van der Waals surface area contributed by atoms with Crippen LogP contribution in [0.2, 0.25) is 0 Å². The number of aliphatic imine (C=N–C) groups is 1. The Hall–Kier alpha value is -0.850. The molecule has 0 radical (unpaired) electrons. The maximum absolute atomic E-state index is 4.30. The van der Waals surface area contributed by atoms with Gasteiger partial charge in [-0.3, -0.25) is 4.99 Å². The molecule has 0 atom stereocenters. The average Bonchev–Trinajstić information content (AvgIpc) is 1.87. The van der Waals surface area contributed by atoms with Crippen molar-refractivity contribution in [3.63, 3.8) is 0 Å². The Morgan fingerprint density at radius 3 is 2.18 bits per heavy atom. The molecule has 0 aromatic heterocycles. The fourth-order valence-electron chi connectivity index (χ4n) is 0.849. The monoisotopic (exact) mass is 151 g/mol. The minimum absolute atomic E-state index is 0.976. The van der Waals surface area contributed by atoms with Crippen LogP contribution in [-0.4, -0.2) is 6.21 Å². The Kier molecular flexibility index (Phi) is 4.51. The minimum atomic E-state index is 0.976. The van der Waals surface area contributed by atoms with Gasteiger partial charge in [0.2, 0.25) is 0 Å². The van der Waals surface area contributed by atoms with Crippen LogP contribution in [0.15, 0.2) is 28.4 Å². The zero-order chi connectivity index (χ0) is 8.85. The number of rotatable bonds is 3. The van der Waals surface area contributed by atoms with Gasteiger partial charge in [-0.2, -0.15) is 0 Å². The van der Waals surface area contributed by atoms with Crippen molar-refractivity contribution >= 4 is 6.21 Å². The molecule has 0 fully saturated rings. The Labute approximate surface area is 69.5 Å². The van der Waals surface area contributed by atoms with E-state index in [-0.39, 0.29) is 0 Å². The fourth-order valence-corrected chi connectivity index (χ4v) is 0.849. The molecule has 0 aromatic carbocycles. The number of hydrogen-bond acceptors (Lipinski definition) is 1. The van der Waals surface area contributed by atoms with Crippen molar-refractivity contribution in [3.05, 3.63) is 23.4 Å². The van der Waals surface area contributed by atoms with E-state index in [1.807, 2.05) is 13.1 Å². The smallest absolute Gasteiger partial charge is 0.0635 e. The van der Waals surface area contributed by atoms with E-state index < -0.39 is 0 Å². The van der Waals surface area contributed by atoms with Crippen LogP contribution < -0.4 is 0 Å². The summed E-state index contributed by atoms with van der Waals surface area (Å²) in [6.45, 7) is 12.0. The molecule has 1 heteroatoms. The number of nitrogens with zero attached hydrogens (tertiary/aromatic N) is 1. The van der Waals surface area contributed by atoms with Crippen LogP contribution in [0.4, 0.5) is 0 Å². The zero-order valence-electron chi connectivity index (χ0n) is 7.94. The van der Waals surface area contributed by atoms with Crippen LogP contribution in [0.5, 0.6) is 0 Å². The average molecular weight is 151 g/mol. The third kappa shape index (κ3) is 3.76. The van der Waals surface area contributed by atoms with Gasteiger partial charge in [-0.15, -0.1) is 0 Å². The van der Waals surface area contributed by atoms with E-state index in [4.69, 9.17) is 0 Å². The summed E-state index contributed by atoms with van der Waals surface area (Å²) in [7, 11) is 0. The van der Waals surface area contributed by atoms with E-state index in [9.17, 15) is 0 Å². The molecule has 62 valence electrons. The summed E-state index contributed by atoms with van der Waals surface area (Å²) in [4.78, 5) is 4.30. The predicted octanol–water partition coefficient (Wildman–Crippen LogP) is 3.34. The molecule has 0 aliphatic heterocycles. The van der Waals surface area contributed by atoms with Crippen molar-refractivity contribution in [2.75, 3.05) is 0 Å². The molecule has 11 heavy (non-hydrogen) atoms. The van der Waals surface area contributed by atoms with Crippen LogP contribution >= 0.6 is 0 Å². The highest BCUT2D eigenvalue weighted by molar-refractivity contribution is 5.60. The molecule has 0 aliphatic rings. The first-order chi connectivity index (χ1) is 5.09. The molecular formula is C10H17N. The summed E-state index contributed by atoms with van der Waals surface area (Å²) in [6, 6.07) is 0. The summed E-state index contributed by atoms with van der Waals surface area (Å²) in [5.41, 5.74) is 3.30. The van der Waals surface area contributed by atoms with Crippen molar-refractivity contribution in [2.45, 2.75) is 34.1 Å². The molecule has 0 amide bonds. The quantitative estimate of drug-likeness (QED) is 0.433. The maximum Gasteiger partial charge on any atom is 0.0635 e. The molecule has 0 saturated carbocycles. The summed E-state index contributed by atoms with van der Waals surface area (Å²) in [6.07, 6.45) is 2.89. The molecule has 0 spiro atoms. The third-order valence-corrected chi connectivity index (χ3v) is 1.28. The van der Waals surface area contributed by atoms with Crippen LogP contribution in [-0.2, 0) is 0 Å². The largest absolute Gasteiger partial charge is 0.261 e. The van der Waals surface area contributed by atoms with Gasteiger partial charge in [-0.05, 0) is 32.8 Å². The Morgan fingerprint density at radius 1 is 1.36 bits per heavy atom. The van der Waals surface area contributed by atoms with Gasteiger partial charge in [0.05, 0.1) is 5.70 Å². The topological polar surface area (TPSA) is 12.4 Å². The zero-order valence-corrected chi connectivity index (χ0v) is 7.94. The molecule has 0 aliphatic carbocycles. The van der Waals surface area contributed by atoms with Gasteiger partial charge in [0.15, 0.2) is 0 Å². The van der Waals surface area contributed by atoms with Gasteiger partial charge < -0.3 is 0 Å². The molecule has 0 rings (SSSR count). The lowest BCUT2D eigenvalue weighted by molar-refractivity contribution is 1.18. The summed E-state index contributed by atoms with van der Waals surface area (Å²) < 4.78 is 0. The van der Waals surface area contributed by atoms with Crippen LogP contribution in [0.3, 0.4) is 0 Å². The first kappa shape index (κ1) is 10.2. The van der Waals surface area contributed by atoms with Crippen molar-refractivity contribution in [2.24, 2.45) is 4.99 Å². The fraction of sp³-hybridized carbons (Fsp3) is 0.500. The second-order valence-corrected chi connectivity index (χ2v) is 2.85. The van der Waals surface area contributed by atoms with E-state index in [1.165, 1.54) is 5.57 Å². The highest BCUT2D eigenvalue weighted by Gasteiger charge is 1.95. The molecule has 0 N–H and O–H groups in total. The van der Waals surface area contributed by atoms with E-state index in [0.29, 0.717) is 0 Å². The molecule has 0 heterocycles. The lowest BCUT2D eigenvalue weighted by Gasteiger charge is -2.01. The molecule has 1 nitrogen and oxygen atoms in total. The second-order valence-electron chi connectivity index (χ2n) is 2.85. The Morgan fingerprint density at radius 2 is 1.91 bits per heavy atom. The molecular weight excluding hydrogens is 134 g/mol. The van der Waals surface area contributed by atoms with Gasteiger partial charge >= 0.3 is 0 Å². The first-order valence-electron chi connectivity index (χ1n) is 3.95. The summed E-state index contributed by atoms with van der Waals surface area (Å²) >= 11 is 0. The van der Waals surface area contributed by atoms with Crippen LogP contribution in [0.1, 0.15) is 34.1 Å². The third-order valence-electron chi connectivity index (χ3n) is 1.28. The van der Waals surface area contributed by atoms with Gasteiger partial charge in [-0.25, -0.2) is 0 Å². The SMILES string of the molecule is C=C(C)C(N=CCC)=C(C)C. The highest BCUT2D eigenvalue weighted by atomic mass is 14.7. The summed E-state index contributed by atoms with van der Waals surface area (Å²) in [5, 5.41) is 0. The van der Waals surface area contributed by atoms with Crippen molar-refractivity contribution in [1.82, 2.24) is 0 Å². The van der Waals surface area contributed by atoms with E-state index in [1.54, 1.807) is 0 Å².